The summed E-state index contributed by atoms with van der Waals surface area (Å²) < 4.78 is 10.8. The average Bonchev–Trinajstić information content (AvgIpc) is 3.42. The summed E-state index contributed by atoms with van der Waals surface area (Å²) in [5.74, 6) is 0.657. The zero-order valence-electron chi connectivity index (χ0n) is 17.3. The number of likely N-dealkylation sites (tertiary alicyclic amines) is 1. The summed E-state index contributed by atoms with van der Waals surface area (Å²) in [5, 5.41) is 0.834. The number of nitrogens with one attached hydrogen (secondary N) is 1. The van der Waals surface area contributed by atoms with Gasteiger partial charge in [-0.1, -0.05) is 37.3 Å². The van der Waals surface area contributed by atoms with Crippen molar-refractivity contribution < 1.29 is 19.1 Å². The third-order valence-electron chi connectivity index (χ3n) is 5.68. The van der Waals surface area contributed by atoms with Gasteiger partial charge in [-0.15, -0.1) is 0 Å². The maximum absolute atomic E-state index is 13.6. The molecule has 0 spiro atoms. The number of ether oxygens (including phenoxy) is 2. The number of Topliss-reactive ketones (excluding diaryl/α,β-unsaturated/α-hetero) is 1. The topological polar surface area (TPSA) is 71.6 Å². The molecular weight excluding hydrogens is 380 g/mol. The van der Waals surface area contributed by atoms with Gasteiger partial charge in [-0.2, -0.15) is 0 Å². The van der Waals surface area contributed by atoms with Crippen molar-refractivity contribution in [1.29, 1.82) is 0 Å². The second kappa shape index (κ2) is 8.61. The number of ketones is 1. The summed E-state index contributed by atoms with van der Waals surface area (Å²) in [6.07, 6.45) is 1.68. The smallest absolute Gasteiger partial charge is 0.410 e. The molecule has 6 nitrogen and oxygen atoms in total. The molecule has 1 aromatic heterocycles. The van der Waals surface area contributed by atoms with Crippen LogP contribution in [-0.2, 0) is 17.8 Å². The Hall–Kier alpha value is -3.28. The molecule has 1 atom stereocenters. The van der Waals surface area contributed by atoms with Gasteiger partial charge in [-0.25, -0.2) is 4.79 Å². The van der Waals surface area contributed by atoms with Crippen LogP contribution in [0.4, 0.5) is 4.79 Å². The molecule has 1 aliphatic heterocycles. The number of aromatic amines is 1. The number of H-pyrrole nitrogens is 1. The minimum atomic E-state index is -0.510. The number of nitrogens with zero attached hydrogens (tertiary/aromatic N) is 1. The van der Waals surface area contributed by atoms with Gasteiger partial charge in [-0.05, 0) is 43.0 Å². The van der Waals surface area contributed by atoms with Crippen molar-refractivity contribution in [2.24, 2.45) is 0 Å². The van der Waals surface area contributed by atoms with Gasteiger partial charge in [0.15, 0.2) is 5.78 Å². The number of benzene rings is 2. The zero-order chi connectivity index (χ0) is 21.1. The Balaban J connectivity index is 1.58. The first kappa shape index (κ1) is 20.0. The molecule has 0 aliphatic carbocycles. The number of aromatic nitrogens is 1. The minimum absolute atomic E-state index is 0.0412. The van der Waals surface area contributed by atoms with E-state index in [0.29, 0.717) is 30.7 Å². The molecule has 0 radical (unpaired) electrons. The van der Waals surface area contributed by atoms with Crippen LogP contribution < -0.4 is 4.74 Å². The van der Waals surface area contributed by atoms with Crippen LogP contribution in [-0.4, -0.2) is 41.5 Å². The number of amides is 1. The molecule has 1 N–H and O–H groups in total. The lowest BCUT2D eigenvalue weighted by Gasteiger charge is -2.23. The molecule has 1 amide bonds. The summed E-state index contributed by atoms with van der Waals surface area (Å²) in [7, 11) is 1.61. The van der Waals surface area contributed by atoms with Crippen LogP contribution in [0.15, 0.2) is 48.5 Å². The number of hydrogen-bond acceptors (Lipinski definition) is 4. The molecule has 2 heterocycles. The number of hydrogen-bond donors (Lipinski definition) is 1. The van der Waals surface area contributed by atoms with E-state index in [-0.39, 0.29) is 12.4 Å². The molecule has 3 aromatic rings. The lowest BCUT2D eigenvalue weighted by atomic mass is 9.98. The number of aryl methyl sites for hydroxylation is 1. The summed E-state index contributed by atoms with van der Waals surface area (Å²) in [6, 6.07) is 14.7. The summed E-state index contributed by atoms with van der Waals surface area (Å²) >= 11 is 0. The second-order valence-electron chi connectivity index (χ2n) is 7.50. The Morgan fingerprint density at radius 3 is 2.70 bits per heavy atom. The van der Waals surface area contributed by atoms with E-state index in [9.17, 15) is 9.59 Å². The molecule has 6 heteroatoms. The number of fused-ring (bicyclic) bond motifs is 1. The van der Waals surface area contributed by atoms with Gasteiger partial charge in [-0.3, -0.25) is 9.69 Å². The second-order valence-corrected chi connectivity index (χ2v) is 7.50. The molecule has 1 saturated heterocycles. The molecule has 30 heavy (non-hydrogen) atoms. The third-order valence-corrected chi connectivity index (χ3v) is 5.68. The van der Waals surface area contributed by atoms with E-state index >= 15 is 0 Å². The standard InChI is InChI=1S/C24H26N2O4/c1-3-19-22(18-14-17(29-2)11-12-20(18)25-19)23(27)21-10-7-13-26(21)24(28)30-15-16-8-5-4-6-9-16/h4-6,8-9,11-12,14,21,25H,3,7,10,13,15H2,1-2H3/t21-/m0/s1. The highest BCUT2D eigenvalue weighted by atomic mass is 16.6. The first-order chi connectivity index (χ1) is 14.6. The molecule has 4 rings (SSSR count). The Kier molecular flexibility index (Phi) is 5.74. The van der Waals surface area contributed by atoms with Gasteiger partial charge in [0, 0.05) is 28.7 Å². The normalized spacial score (nSPS) is 16.1. The predicted molar refractivity (Wildman–Crippen MR) is 115 cm³/mol. The monoisotopic (exact) mass is 406 g/mol. The van der Waals surface area contributed by atoms with Crippen LogP contribution in [0, 0.1) is 0 Å². The maximum Gasteiger partial charge on any atom is 0.410 e. The molecule has 0 saturated carbocycles. The molecule has 1 aliphatic rings. The van der Waals surface area contributed by atoms with Crippen LogP contribution >= 0.6 is 0 Å². The lowest BCUT2D eigenvalue weighted by Crippen LogP contribution is -2.41. The van der Waals surface area contributed by atoms with E-state index in [2.05, 4.69) is 4.98 Å². The lowest BCUT2D eigenvalue weighted by molar-refractivity contribution is 0.0738. The van der Waals surface area contributed by atoms with E-state index in [4.69, 9.17) is 9.47 Å². The molecule has 0 unspecified atom stereocenters. The highest BCUT2D eigenvalue weighted by molar-refractivity contribution is 6.12. The highest BCUT2D eigenvalue weighted by Crippen LogP contribution is 2.31. The van der Waals surface area contributed by atoms with Crippen molar-refractivity contribution in [1.82, 2.24) is 9.88 Å². The van der Waals surface area contributed by atoms with Crippen LogP contribution in [0.1, 0.15) is 41.4 Å². The first-order valence-electron chi connectivity index (χ1n) is 10.3. The fourth-order valence-corrected chi connectivity index (χ4v) is 4.13. The van der Waals surface area contributed by atoms with E-state index in [1.807, 2.05) is 55.5 Å². The number of methoxy groups -OCH3 is 1. The van der Waals surface area contributed by atoms with Crippen LogP contribution in [0.3, 0.4) is 0 Å². The van der Waals surface area contributed by atoms with Gasteiger partial charge in [0.1, 0.15) is 12.4 Å². The van der Waals surface area contributed by atoms with Gasteiger partial charge in [0.05, 0.1) is 13.2 Å². The molecule has 2 aromatic carbocycles. The Morgan fingerprint density at radius 1 is 1.17 bits per heavy atom. The molecule has 0 bridgehead atoms. The van der Waals surface area contributed by atoms with E-state index < -0.39 is 12.1 Å². The van der Waals surface area contributed by atoms with E-state index in [1.165, 1.54) is 0 Å². The highest BCUT2D eigenvalue weighted by Gasteiger charge is 2.37. The number of rotatable bonds is 6. The van der Waals surface area contributed by atoms with Gasteiger partial charge >= 0.3 is 6.09 Å². The largest absolute Gasteiger partial charge is 0.497 e. The SMILES string of the molecule is CCc1[nH]c2ccc(OC)cc2c1C(=O)[C@@H]1CCCN1C(=O)OCc1ccccc1. The van der Waals surface area contributed by atoms with E-state index in [1.54, 1.807) is 12.0 Å². The molecular formula is C24H26N2O4. The summed E-state index contributed by atoms with van der Waals surface area (Å²) in [5.41, 5.74) is 3.35. The van der Waals surface area contributed by atoms with Gasteiger partial charge in [0.25, 0.3) is 0 Å². The minimum Gasteiger partial charge on any atom is -0.497 e. The first-order valence-corrected chi connectivity index (χ1v) is 10.3. The van der Waals surface area contributed by atoms with Crippen LogP contribution in [0.2, 0.25) is 0 Å². The number of carbonyl (C=O) groups excluding carboxylic acids is 2. The Morgan fingerprint density at radius 2 is 1.97 bits per heavy atom. The van der Waals surface area contributed by atoms with Gasteiger partial charge in [0.2, 0.25) is 0 Å². The Labute approximate surface area is 175 Å². The van der Waals surface area contributed by atoms with E-state index in [0.717, 1.165) is 28.6 Å². The van der Waals surface area contributed by atoms with Crippen molar-refractivity contribution in [2.45, 2.75) is 38.8 Å². The maximum atomic E-state index is 13.6. The van der Waals surface area contributed by atoms with Gasteiger partial charge < -0.3 is 14.5 Å². The van der Waals surface area contributed by atoms with Crippen molar-refractivity contribution in [3.05, 3.63) is 65.4 Å². The van der Waals surface area contributed by atoms with Crippen molar-refractivity contribution >= 4 is 22.8 Å². The zero-order valence-corrected chi connectivity index (χ0v) is 17.3. The quantitative estimate of drug-likeness (QED) is 0.601. The average molecular weight is 406 g/mol. The van der Waals surface area contributed by atoms with Crippen LogP contribution in [0.25, 0.3) is 10.9 Å². The molecule has 156 valence electrons. The molecule has 1 fully saturated rings. The fraction of sp³-hybridized carbons (Fsp3) is 0.333. The summed E-state index contributed by atoms with van der Waals surface area (Å²) in [6.45, 7) is 2.73. The number of carbonyl (C=O) groups is 2. The van der Waals surface area contributed by atoms with Crippen molar-refractivity contribution in [2.75, 3.05) is 13.7 Å². The van der Waals surface area contributed by atoms with Crippen LogP contribution in [0.5, 0.6) is 5.75 Å². The van der Waals surface area contributed by atoms with Crippen molar-refractivity contribution in [3.8, 4) is 5.75 Å². The fourth-order valence-electron chi connectivity index (χ4n) is 4.13. The Bertz CT molecular complexity index is 1060. The predicted octanol–water partition coefficient (Wildman–Crippen LogP) is 4.72. The van der Waals surface area contributed by atoms with Crippen molar-refractivity contribution in [3.63, 3.8) is 0 Å². The summed E-state index contributed by atoms with van der Waals surface area (Å²) in [4.78, 5) is 31.2. The third kappa shape index (κ3) is 3.77.